The van der Waals surface area contributed by atoms with E-state index in [1.54, 1.807) is 43.2 Å². The third-order valence-electron chi connectivity index (χ3n) is 4.57. The van der Waals surface area contributed by atoms with Gasteiger partial charge in [0.25, 0.3) is 5.56 Å². The summed E-state index contributed by atoms with van der Waals surface area (Å²) >= 11 is 0. The van der Waals surface area contributed by atoms with Crippen LogP contribution >= 0.6 is 0 Å². The molecule has 1 N–H and O–H groups in total. The van der Waals surface area contributed by atoms with E-state index in [0.717, 1.165) is 0 Å². The van der Waals surface area contributed by atoms with Gasteiger partial charge in [0.1, 0.15) is 22.4 Å². The molecular weight excluding hydrogens is 365 g/mol. The summed E-state index contributed by atoms with van der Waals surface area (Å²) in [7, 11) is 3.38. The van der Waals surface area contributed by atoms with E-state index < -0.39 is 17.3 Å². The van der Waals surface area contributed by atoms with Crippen LogP contribution in [0.3, 0.4) is 0 Å². The van der Waals surface area contributed by atoms with Crippen LogP contribution in [0.4, 0.5) is 4.39 Å². The van der Waals surface area contributed by atoms with Gasteiger partial charge in [-0.1, -0.05) is 12.1 Å². The number of carboxylic acids is 1. The second kappa shape index (κ2) is 6.45. The smallest absolute Gasteiger partial charge is 0.339 e. The van der Waals surface area contributed by atoms with Crippen molar-refractivity contribution in [1.29, 1.82) is 0 Å². The molecule has 0 spiro atoms. The highest BCUT2D eigenvalue weighted by atomic mass is 19.1. The lowest BCUT2D eigenvalue weighted by atomic mass is 10.1. The zero-order chi connectivity index (χ0) is 20.0. The van der Waals surface area contributed by atoms with Crippen molar-refractivity contribution in [2.75, 3.05) is 0 Å². The SMILES string of the molecule is Cn1ccc(-c2ccc(Cn3cc(C(=O)O)c4ncn(C)c4c3=O)c(F)c2)n1. The van der Waals surface area contributed by atoms with Crippen LogP contribution in [0.25, 0.3) is 22.3 Å². The molecule has 0 unspecified atom stereocenters. The molecule has 3 heterocycles. The van der Waals surface area contributed by atoms with Crippen molar-refractivity contribution in [2.45, 2.75) is 6.54 Å². The van der Waals surface area contributed by atoms with Gasteiger partial charge in [-0.3, -0.25) is 9.48 Å². The molecule has 0 aliphatic heterocycles. The average Bonchev–Trinajstić information content (AvgIpc) is 3.25. The summed E-state index contributed by atoms with van der Waals surface area (Å²) in [4.78, 5) is 28.3. The van der Waals surface area contributed by atoms with Gasteiger partial charge in [-0.2, -0.15) is 5.10 Å². The Kier molecular flexibility index (Phi) is 4.07. The quantitative estimate of drug-likeness (QED) is 0.584. The minimum Gasteiger partial charge on any atom is -0.478 e. The topological polar surface area (TPSA) is 94.9 Å². The number of pyridine rings is 1. The predicted molar refractivity (Wildman–Crippen MR) is 99.6 cm³/mol. The third kappa shape index (κ3) is 2.86. The first-order valence-corrected chi connectivity index (χ1v) is 8.41. The zero-order valence-corrected chi connectivity index (χ0v) is 15.1. The number of benzene rings is 1. The summed E-state index contributed by atoms with van der Waals surface area (Å²) in [5.74, 6) is -1.71. The van der Waals surface area contributed by atoms with Crippen molar-refractivity contribution in [1.82, 2.24) is 23.9 Å². The second-order valence-corrected chi connectivity index (χ2v) is 6.51. The van der Waals surface area contributed by atoms with Crippen molar-refractivity contribution in [3.8, 4) is 11.3 Å². The van der Waals surface area contributed by atoms with Crippen LogP contribution in [0.5, 0.6) is 0 Å². The molecule has 0 aliphatic carbocycles. The predicted octanol–water partition coefficient (Wildman–Crippen LogP) is 2.02. The van der Waals surface area contributed by atoms with Crippen LogP contribution in [0.2, 0.25) is 0 Å². The van der Waals surface area contributed by atoms with E-state index in [9.17, 15) is 19.1 Å². The number of aromatic nitrogens is 5. The highest BCUT2D eigenvalue weighted by molar-refractivity contribution is 6.00. The van der Waals surface area contributed by atoms with Crippen molar-refractivity contribution < 1.29 is 14.3 Å². The monoisotopic (exact) mass is 381 g/mol. The first kappa shape index (κ1) is 17.7. The van der Waals surface area contributed by atoms with Crippen LogP contribution in [0.15, 0.2) is 47.8 Å². The van der Waals surface area contributed by atoms with E-state index in [1.165, 1.54) is 27.7 Å². The van der Waals surface area contributed by atoms with E-state index in [0.29, 0.717) is 11.3 Å². The summed E-state index contributed by atoms with van der Waals surface area (Å²) < 4.78 is 18.9. The lowest BCUT2D eigenvalue weighted by Gasteiger charge is -2.10. The molecule has 4 rings (SSSR count). The molecular formula is C19H16FN5O3. The first-order valence-electron chi connectivity index (χ1n) is 8.41. The van der Waals surface area contributed by atoms with Crippen LogP contribution in [0.1, 0.15) is 15.9 Å². The van der Waals surface area contributed by atoms with E-state index in [1.807, 2.05) is 0 Å². The molecule has 0 bridgehead atoms. The van der Waals surface area contributed by atoms with Crippen LogP contribution in [-0.2, 0) is 20.6 Å². The van der Waals surface area contributed by atoms with Crippen LogP contribution < -0.4 is 5.56 Å². The van der Waals surface area contributed by atoms with Gasteiger partial charge in [-0.25, -0.2) is 14.2 Å². The summed E-state index contributed by atoms with van der Waals surface area (Å²) in [6.07, 6.45) is 4.34. The van der Waals surface area contributed by atoms with Crippen molar-refractivity contribution >= 4 is 17.0 Å². The Labute approximate surface area is 158 Å². The number of carboxylic acid groups (broad SMARTS) is 1. The Hall–Kier alpha value is -3.75. The lowest BCUT2D eigenvalue weighted by molar-refractivity contribution is 0.0698. The van der Waals surface area contributed by atoms with Crippen molar-refractivity contribution in [3.63, 3.8) is 0 Å². The van der Waals surface area contributed by atoms with Crippen molar-refractivity contribution in [3.05, 3.63) is 70.3 Å². The molecule has 0 atom stereocenters. The Balaban J connectivity index is 1.78. The second-order valence-electron chi connectivity index (χ2n) is 6.51. The number of carbonyl (C=O) groups is 1. The number of hydrogen-bond donors (Lipinski definition) is 1. The number of halogens is 1. The van der Waals surface area contributed by atoms with Crippen LogP contribution in [-0.4, -0.2) is 35.0 Å². The molecule has 0 amide bonds. The molecule has 4 aromatic rings. The number of aryl methyl sites for hydroxylation is 2. The van der Waals surface area contributed by atoms with Crippen molar-refractivity contribution in [2.24, 2.45) is 14.1 Å². The van der Waals surface area contributed by atoms with Gasteiger partial charge < -0.3 is 14.2 Å². The fraction of sp³-hybridized carbons (Fsp3) is 0.158. The third-order valence-corrected chi connectivity index (χ3v) is 4.57. The number of nitrogens with zero attached hydrogens (tertiary/aromatic N) is 5. The molecule has 142 valence electrons. The molecule has 9 heteroatoms. The number of rotatable bonds is 4. The molecule has 0 aliphatic rings. The number of hydrogen-bond acceptors (Lipinski definition) is 4. The fourth-order valence-corrected chi connectivity index (χ4v) is 3.15. The molecule has 3 aromatic heterocycles. The minimum atomic E-state index is -1.21. The van der Waals surface area contributed by atoms with E-state index >= 15 is 0 Å². The van der Waals surface area contributed by atoms with E-state index in [4.69, 9.17) is 0 Å². The summed E-state index contributed by atoms with van der Waals surface area (Å²) in [6, 6.07) is 6.41. The average molecular weight is 381 g/mol. The molecule has 0 saturated carbocycles. The molecule has 8 nitrogen and oxygen atoms in total. The van der Waals surface area contributed by atoms with Gasteiger partial charge >= 0.3 is 5.97 Å². The van der Waals surface area contributed by atoms with E-state index in [2.05, 4.69) is 10.1 Å². The van der Waals surface area contributed by atoms with Gasteiger partial charge in [-0.05, 0) is 12.1 Å². The summed E-state index contributed by atoms with van der Waals surface area (Å²) in [6.45, 7) is -0.103. The van der Waals surface area contributed by atoms with Gasteiger partial charge in [0.2, 0.25) is 0 Å². The Bertz CT molecular complexity index is 1280. The molecule has 0 radical (unpaired) electrons. The van der Waals surface area contributed by atoms with Crippen LogP contribution in [0, 0.1) is 5.82 Å². The van der Waals surface area contributed by atoms with Gasteiger partial charge in [0.05, 0.1) is 18.6 Å². The Morgan fingerprint density at radius 1 is 1.25 bits per heavy atom. The summed E-state index contributed by atoms with van der Waals surface area (Å²) in [5, 5.41) is 13.7. The maximum Gasteiger partial charge on any atom is 0.339 e. The minimum absolute atomic E-state index is 0.103. The Morgan fingerprint density at radius 2 is 2.04 bits per heavy atom. The molecule has 28 heavy (non-hydrogen) atoms. The molecule has 0 fully saturated rings. The standard InChI is InChI=1S/C19H16FN5O3/c1-23-10-21-16-13(19(27)28)9-25(18(26)17(16)23)8-12-4-3-11(7-14(12)20)15-5-6-24(2)22-15/h3-7,9-10H,8H2,1-2H3,(H,27,28). The largest absolute Gasteiger partial charge is 0.478 e. The highest BCUT2D eigenvalue weighted by Gasteiger charge is 2.18. The number of imidazole rings is 1. The fourth-order valence-electron chi connectivity index (χ4n) is 3.15. The molecule has 1 aromatic carbocycles. The van der Waals surface area contributed by atoms with Gasteiger partial charge in [0.15, 0.2) is 0 Å². The lowest BCUT2D eigenvalue weighted by Crippen LogP contribution is -2.24. The number of aromatic carboxylic acids is 1. The molecule has 0 saturated heterocycles. The maximum atomic E-state index is 14.7. The zero-order valence-electron chi connectivity index (χ0n) is 15.1. The summed E-state index contributed by atoms with van der Waals surface area (Å²) in [5.41, 5.74) is 1.23. The first-order chi connectivity index (χ1) is 13.3. The maximum absolute atomic E-state index is 14.7. The highest BCUT2D eigenvalue weighted by Crippen LogP contribution is 2.21. The van der Waals surface area contributed by atoms with E-state index in [-0.39, 0.29) is 28.7 Å². The van der Waals surface area contributed by atoms with Gasteiger partial charge in [-0.15, -0.1) is 0 Å². The Morgan fingerprint density at radius 3 is 2.68 bits per heavy atom. The van der Waals surface area contributed by atoms with Gasteiger partial charge in [0, 0.05) is 37.6 Å². The number of fused-ring (bicyclic) bond motifs is 1. The normalized spacial score (nSPS) is 11.2.